The maximum atomic E-state index is 11.1. The first kappa shape index (κ1) is 12.2. The van der Waals surface area contributed by atoms with Gasteiger partial charge in [-0.2, -0.15) is 0 Å². The molecule has 1 aliphatic rings. The first-order valence-corrected chi connectivity index (χ1v) is 6.66. The summed E-state index contributed by atoms with van der Waals surface area (Å²) in [6.45, 7) is 0.781. The summed E-state index contributed by atoms with van der Waals surface area (Å²) in [7, 11) is 0. The van der Waals surface area contributed by atoms with Crippen LogP contribution in [0.4, 0.5) is 0 Å². The highest BCUT2D eigenvalue weighted by molar-refractivity contribution is 6.31. The highest BCUT2D eigenvalue weighted by Crippen LogP contribution is 2.32. The number of hydrogen-bond donors (Lipinski definition) is 0. The van der Waals surface area contributed by atoms with Gasteiger partial charge < -0.3 is 4.74 Å². The number of carbonyl (C=O) groups excluding carboxylic acids is 1. The van der Waals surface area contributed by atoms with Crippen LogP contribution in [-0.4, -0.2) is 12.9 Å². The molecule has 2 nitrogen and oxygen atoms in total. The summed E-state index contributed by atoms with van der Waals surface area (Å²) in [6, 6.07) is 11.4. The largest absolute Gasteiger partial charge is 0.493 e. The smallest absolute Gasteiger partial charge is 0.150 e. The number of halogens is 1. The molecule has 19 heavy (non-hydrogen) atoms. The molecule has 0 atom stereocenters. The zero-order chi connectivity index (χ0) is 13.2. The van der Waals surface area contributed by atoms with Gasteiger partial charge in [0.25, 0.3) is 0 Å². The number of fused-ring (bicyclic) bond motifs is 1. The predicted molar refractivity (Wildman–Crippen MR) is 76.1 cm³/mol. The zero-order valence-corrected chi connectivity index (χ0v) is 11.1. The van der Waals surface area contributed by atoms with Crippen molar-refractivity contribution in [3.8, 4) is 16.9 Å². The fourth-order valence-corrected chi connectivity index (χ4v) is 2.58. The molecule has 0 aliphatic carbocycles. The molecular weight excluding hydrogens is 260 g/mol. The van der Waals surface area contributed by atoms with Crippen LogP contribution in [0.5, 0.6) is 5.75 Å². The van der Waals surface area contributed by atoms with Crippen molar-refractivity contribution in [1.29, 1.82) is 0 Å². The Morgan fingerprint density at radius 3 is 2.89 bits per heavy atom. The van der Waals surface area contributed by atoms with Crippen molar-refractivity contribution in [2.24, 2.45) is 0 Å². The van der Waals surface area contributed by atoms with E-state index in [1.807, 2.05) is 18.2 Å². The second kappa shape index (κ2) is 5.06. The number of aldehydes is 1. The van der Waals surface area contributed by atoms with Gasteiger partial charge in [0.2, 0.25) is 0 Å². The number of benzene rings is 2. The van der Waals surface area contributed by atoms with Gasteiger partial charge in [0, 0.05) is 10.6 Å². The molecule has 0 aromatic heterocycles. The number of carbonyl (C=O) groups is 1. The summed E-state index contributed by atoms with van der Waals surface area (Å²) < 4.78 is 5.60. The second-order valence-corrected chi connectivity index (χ2v) is 5.06. The van der Waals surface area contributed by atoms with Crippen molar-refractivity contribution >= 4 is 17.9 Å². The van der Waals surface area contributed by atoms with E-state index >= 15 is 0 Å². The summed E-state index contributed by atoms with van der Waals surface area (Å²) in [4.78, 5) is 11.1. The van der Waals surface area contributed by atoms with Gasteiger partial charge in [-0.1, -0.05) is 17.7 Å². The lowest BCUT2D eigenvalue weighted by atomic mass is 9.96. The van der Waals surface area contributed by atoms with Crippen LogP contribution in [0.25, 0.3) is 11.1 Å². The summed E-state index contributed by atoms with van der Waals surface area (Å²) in [6.07, 6.45) is 2.91. The Morgan fingerprint density at radius 1 is 1.16 bits per heavy atom. The standard InChI is InChI=1S/C16H13ClO2/c17-14-5-3-13(10-18)15(9-14)11-4-6-16-12(8-11)2-1-7-19-16/h3-6,8-10H,1-2,7H2. The van der Waals surface area contributed by atoms with Gasteiger partial charge in [-0.05, 0) is 59.9 Å². The van der Waals surface area contributed by atoms with Crippen LogP contribution in [-0.2, 0) is 6.42 Å². The second-order valence-electron chi connectivity index (χ2n) is 4.62. The molecule has 0 N–H and O–H groups in total. The van der Waals surface area contributed by atoms with E-state index in [9.17, 15) is 4.79 Å². The van der Waals surface area contributed by atoms with Crippen LogP contribution in [0, 0.1) is 0 Å². The molecule has 0 saturated carbocycles. The van der Waals surface area contributed by atoms with Crippen LogP contribution in [0.2, 0.25) is 5.02 Å². The summed E-state index contributed by atoms with van der Waals surface area (Å²) in [5.41, 5.74) is 3.73. The number of rotatable bonds is 2. The van der Waals surface area contributed by atoms with Crippen molar-refractivity contribution in [3.63, 3.8) is 0 Å². The third kappa shape index (κ3) is 2.36. The Hall–Kier alpha value is -1.80. The fraction of sp³-hybridized carbons (Fsp3) is 0.188. The van der Waals surface area contributed by atoms with Gasteiger partial charge in [0.1, 0.15) is 5.75 Å². The van der Waals surface area contributed by atoms with Crippen LogP contribution >= 0.6 is 11.6 Å². The van der Waals surface area contributed by atoms with Gasteiger partial charge in [-0.15, -0.1) is 0 Å². The number of ether oxygens (including phenoxy) is 1. The molecule has 0 saturated heterocycles. The van der Waals surface area contributed by atoms with E-state index in [1.54, 1.807) is 12.1 Å². The highest BCUT2D eigenvalue weighted by Gasteiger charge is 2.13. The lowest BCUT2D eigenvalue weighted by Gasteiger charge is -2.18. The van der Waals surface area contributed by atoms with Crippen LogP contribution in [0.3, 0.4) is 0 Å². The van der Waals surface area contributed by atoms with Gasteiger partial charge >= 0.3 is 0 Å². The Kier molecular flexibility index (Phi) is 3.26. The third-order valence-corrected chi connectivity index (χ3v) is 3.60. The lowest BCUT2D eigenvalue weighted by molar-refractivity contribution is 0.112. The van der Waals surface area contributed by atoms with Crippen molar-refractivity contribution in [2.75, 3.05) is 6.61 Å². The number of aryl methyl sites for hydroxylation is 1. The van der Waals surface area contributed by atoms with E-state index in [0.717, 1.165) is 42.6 Å². The number of hydrogen-bond acceptors (Lipinski definition) is 2. The normalized spacial score (nSPS) is 13.5. The van der Waals surface area contributed by atoms with Crippen LogP contribution in [0.1, 0.15) is 22.3 Å². The van der Waals surface area contributed by atoms with E-state index in [0.29, 0.717) is 10.6 Å². The first-order valence-electron chi connectivity index (χ1n) is 6.29. The average Bonchev–Trinajstić information content (AvgIpc) is 2.46. The Labute approximate surface area is 117 Å². The van der Waals surface area contributed by atoms with Gasteiger partial charge in [-0.25, -0.2) is 0 Å². The molecule has 96 valence electrons. The van der Waals surface area contributed by atoms with Crippen molar-refractivity contribution < 1.29 is 9.53 Å². The van der Waals surface area contributed by atoms with Gasteiger partial charge in [0.05, 0.1) is 6.61 Å². The Morgan fingerprint density at radius 2 is 2.05 bits per heavy atom. The molecule has 0 fully saturated rings. The zero-order valence-electron chi connectivity index (χ0n) is 10.4. The molecule has 0 amide bonds. The van der Waals surface area contributed by atoms with E-state index < -0.39 is 0 Å². The van der Waals surface area contributed by atoms with Crippen LogP contribution in [0.15, 0.2) is 36.4 Å². The summed E-state index contributed by atoms with van der Waals surface area (Å²) in [5, 5.41) is 0.634. The molecule has 2 aromatic carbocycles. The van der Waals surface area contributed by atoms with Crippen LogP contribution < -0.4 is 4.74 Å². The van der Waals surface area contributed by atoms with Gasteiger partial charge in [-0.3, -0.25) is 4.79 Å². The van der Waals surface area contributed by atoms with Crippen molar-refractivity contribution in [1.82, 2.24) is 0 Å². The van der Waals surface area contributed by atoms with E-state index in [1.165, 1.54) is 5.56 Å². The molecule has 3 rings (SSSR count). The maximum absolute atomic E-state index is 11.1. The summed E-state index contributed by atoms with van der Waals surface area (Å²) >= 11 is 6.03. The molecule has 1 aliphatic heterocycles. The molecule has 1 heterocycles. The van der Waals surface area contributed by atoms with E-state index in [2.05, 4.69) is 6.07 Å². The molecule has 0 bridgehead atoms. The quantitative estimate of drug-likeness (QED) is 0.768. The molecule has 2 aromatic rings. The van der Waals surface area contributed by atoms with Crippen molar-refractivity contribution in [2.45, 2.75) is 12.8 Å². The highest BCUT2D eigenvalue weighted by atomic mass is 35.5. The molecular formula is C16H13ClO2. The third-order valence-electron chi connectivity index (χ3n) is 3.36. The van der Waals surface area contributed by atoms with E-state index in [4.69, 9.17) is 16.3 Å². The first-order chi connectivity index (χ1) is 9.28. The van der Waals surface area contributed by atoms with E-state index in [-0.39, 0.29) is 0 Å². The molecule has 0 radical (unpaired) electrons. The minimum Gasteiger partial charge on any atom is -0.493 e. The maximum Gasteiger partial charge on any atom is 0.150 e. The average molecular weight is 273 g/mol. The predicted octanol–water partition coefficient (Wildman–Crippen LogP) is 4.14. The monoisotopic (exact) mass is 272 g/mol. The fourth-order valence-electron chi connectivity index (χ4n) is 2.41. The molecule has 3 heteroatoms. The van der Waals surface area contributed by atoms with Gasteiger partial charge in [0.15, 0.2) is 6.29 Å². The van der Waals surface area contributed by atoms with Crippen molar-refractivity contribution in [3.05, 3.63) is 52.5 Å². The molecule has 0 spiro atoms. The topological polar surface area (TPSA) is 26.3 Å². The lowest BCUT2D eigenvalue weighted by Crippen LogP contribution is -2.08. The Bertz CT molecular complexity index is 635. The minimum atomic E-state index is 0.634. The SMILES string of the molecule is O=Cc1ccc(Cl)cc1-c1ccc2c(c1)CCCO2. The minimum absolute atomic E-state index is 0.634. The summed E-state index contributed by atoms with van der Waals surface area (Å²) in [5.74, 6) is 0.949. The molecule has 0 unspecified atom stereocenters. The Balaban J connectivity index is 2.11.